The second kappa shape index (κ2) is 13.1. The van der Waals surface area contributed by atoms with Gasteiger partial charge in [0, 0.05) is 60.2 Å². The molecule has 62 heavy (non-hydrogen) atoms. The van der Waals surface area contributed by atoms with Crippen molar-refractivity contribution < 1.29 is 8.83 Å². The summed E-state index contributed by atoms with van der Waals surface area (Å²) >= 11 is 0. The lowest BCUT2D eigenvalue weighted by atomic mass is 9.82. The van der Waals surface area contributed by atoms with Crippen molar-refractivity contribution in [2.24, 2.45) is 0 Å². The number of para-hydroxylation sites is 1. The number of nitrogens with zero attached hydrogens (tertiary/aromatic N) is 1. The van der Waals surface area contributed by atoms with Crippen molar-refractivity contribution in [2.75, 3.05) is 4.90 Å². The van der Waals surface area contributed by atoms with E-state index >= 15 is 0 Å². The summed E-state index contributed by atoms with van der Waals surface area (Å²) in [6, 6.07) is 72.4. The van der Waals surface area contributed by atoms with E-state index in [-0.39, 0.29) is 5.41 Å². The maximum Gasteiger partial charge on any atom is 0.143 e. The largest absolute Gasteiger partial charge is 0.455 e. The Morgan fingerprint density at radius 3 is 1.65 bits per heavy atom. The van der Waals surface area contributed by atoms with E-state index < -0.39 is 0 Å². The van der Waals surface area contributed by atoms with E-state index in [0.29, 0.717) is 0 Å². The van der Waals surface area contributed by atoms with Crippen LogP contribution < -0.4 is 4.90 Å². The van der Waals surface area contributed by atoms with Crippen molar-refractivity contribution in [3.05, 3.63) is 211 Å². The van der Waals surface area contributed by atoms with E-state index in [1.165, 1.54) is 33.0 Å². The van der Waals surface area contributed by atoms with Gasteiger partial charge in [-0.1, -0.05) is 166 Å². The quantitative estimate of drug-likeness (QED) is 0.174. The minimum atomic E-state index is -0.130. The summed E-state index contributed by atoms with van der Waals surface area (Å²) in [5, 5.41) is 9.16. The molecular weight excluding hydrogens is 755 g/mol. The summed E-state index contributed by atoms with van der Waals surface area (Å²) < 4.78 is 13.3. The third kappa shape index (κ3) is 5.00. The van der Waals surface area contributed by atoms with Gasteiger partial charge in [-0.05, 0) is 92.7 Å². The Bertz CT molecular complexity index is 3770. The Morgan fingerprint density at radius 1 is 0.371 bits per heavy atom. The molecule has 2 heterocycles. The number of fused-ring (bicyclic) bond motifs is 13. The fourth-order valence-electron chi connectivity index (χ4n) is 10.5. The number of anilines is 3. The Kier molecular flexibility index (Phi) is 7.36. The molecule has 0 saturated carbocycles. The number of rotatable bonds is 5. The van der Waals surface area contributed by atoms with E-state index in [4.69, 9.17) is 8.83 Å². The zero-order valence-electron chi connectivity index (χ0n) is 34.3. The SMILES string of the molecule is CC1(C)c2ccccc2-c2c(N(c3ccc(-c4cccc5c4oc4c6ccccc6ccc54)cc3)c3ccc(-c4cccc5oc6c7ccccc7ccc6c45)cc3)cccc21. The van der Waals surface area contributed by atoms with E-state index in [2.05, 4.69) is 219 Å². The van der Waals surface area contributed by atoms with Crippen LogP contribution in [0.25, 0.3) is 98.8 Å². The first kappa shape index (κ1) is 34.9. The number of hydrogen-bond acceptors (Lipinski definition) is 3. The summed E-state index contributed by atoms with van der Waals surface area (Å²) in [6.07, 6.45) is 0. The molecular formula is C59H39NO2. The van der Waals surface area contributed by atoms with Crippen LogP contribution in [0.15, 0.2) is 209 Å². The first-order chi connectivity index (χ1) is 30.5. The predicted octanol–water partition coefficient (Wildman–Crippen LogP) is 16.9. The number of hydrogen-bond donors (Lipinski definition) is 0. The Morgan fingerprint density at radius 2 is 0.903 bits per heavy atom. The van der Waals surface area contributed by atoms with E-state index in [1.807, 2.05) is 0 Å². The molecule has 0 bridgehead atoms. The summed E-state index contributed by atoms with van der Waals surface area (Å²) in [6.45, 7) is 4.69. The van der Waals surface area contributed by atoms with Crippen molar-refractivity contribution in [3.8, 4) is 33.4 Å². The van der Waals surface area contributed by atoms with Crippen LogP contribution in [0.1, 0.15) is 25.0 Å². The molecule has 13 rings (SSSR count). The highest BCUT2D eigenvalue weighted by molar-refractivity contribution is 6.19. The van der Waals surface area contributed by atoms with Crippen molar-refractivity contribution >= 4 is 82.5 Å². The van der Waals surface area contributed by atoms with Crippen molar-refractivity contribution in [3.63, 3.8) is 0 Å². The van der Waals surface area contributed by atoms with E-state index in [1.54, 1.807) is 0 Å². The number of furan rings is 2. The second-order valence-corrected chi connectivity index (χ2v) is 17.2. The summed E-state index contributed by atoms with van der Waals surface area (Å²) in [5.74, 6) is 0. The van der Waals surface area contributed by atoms with E-state index in [9.17, 15) is 0 Å². The monoisotopic (exact) mass is 793 g/mol. The van der Waals surface area contributed by atoms with Gasteiger partial charge < -0.3 is 13.7 Å². The highest BCUT2D eigenvalue weighted by atomic mass is 16.3. The van der Waals surface area contributed by atoms with Gasteiger partial charge in [-0.25, -0.2) is 0 Å². The average Bonchev–Trinajstić information content (AvgIpc) is 3.98. The van der Waals surface area contributed by atoms with Gasteiger partial charge in [-0.3, -0.25) is 0 Å². The maximum absolute atomic E-state index is 6.77. The van der Waals surface area contributed by atoms with Crippen LogP contribution in [0.5, 0.6) is 0 Å². The van der Waals surface area contributed by atoms with E-state index in [0.717, 1.165) is 94.0 Å². The molecule has 0 unspecified atom stereocenters. The highest BCUT2D eigenvalue weighted by Gasteiger charge is 2.37. The van der Waals surface area contributed by atoms with Crippen molar-refractivity contribution in [1.29, 1.82) is 0 Å². The molecule has 0 atom stereocenters. The Balaban J connectivity index is 0.964. The van der Waals surface area contributed by atoms with Gasteiger partial charge in [0.15, 0.2) is 0 Å². The van der Waals surface area contributed by atoms with Gasteiger partial charge in [0.25, 0.3) is 0 Å². The fourth-order valence-corrected chi connectivity index (χ4v) is 10.5. The predicted molar refractivity (Wildman–Crippen MR) is 259 cm³/mol. The summed E-state index contributed by atoms with van der Waals surface area (Å²) in [5.41, 5.74) is 16.6. The molecule has 10 aromatic carbocycles. The van der Waals surface area contributed by atoms with Gasteiger partial charge in [-0.2, -0.15) is 0 Å². The lowest BCUT2D eigenvalue weighted by molar-refractivity contribution is 0.660. The van der Waals surface area contributed by atoms with Crippen LogP contribution >= 0.6 is 0 Å². The standard InChI is InChI=1S/C59H39NO2/c1-59(2)50-20-8-7-16-48(50)55-51(59)21-11-22-52(55)60(40-30-24-38(25-31-40)42-17-10-23-53-54(42)49-35-29-37-13-4-6-15-44(37)58(49)61-53)41-32-26-39(27-33-41)45-18-9-19-46-47-34-28-36-12-3-5-14-43(36)57(47)62-56(45)46/h3-35H,1-2H3. The zero-order chi connectivity index (χ0) is 41.1. The minimum Gasteiger partial charge on any atom is -0.455 e. The van der Waals surface area contributed by atoms with Gasteiger partial charge >= 0.3 is 0 Å². The Labute approximate surface area is 358 Å². The molecule has 0 radical (unpaired) electrons. The first-order valence-electron chi connectivity index (χ1n) is 21.4. The maximum atomic E-state index is 6.77. The smallest absolute Gasteiger partial charge is 0.143 e. The molecule has 2 aromatic heterocycles. The van der Waals surface area contributed by atoms with Crippen LogP contribution in [0, 0.1) is 0 Å². The van der Waals surface area contributed by atoms with Gasteiger partial charge in [-0.15, -0.1) is 0 Å². The zero-order valence-corrected chi connectivity index (χ0v) is 34.3. The first-order valence-corrected chi connectivity index (χ1v) is 21.4. The molecule has 0 fully saturated rings. The summed E-state index contributed by atoms with van der Waals surface area (Å²) in [4.78, 5) is 2.43. The Hall–Kier alpha value is -7.88. The normalized spacial score (nSPS) is 13.1. The van der Waals surface area contributed by atoms with Crippen LogP contribution in [0.2, 0.25) is 0 Å². The molecule has 0 amide bonds. The van der Waals surface area contributed by atoms with Gasteiger partial charge in [0.2, 0.25) is 0 Å². The lowest BCUT2D eigenvalue weighted by Crippen LogP contribution is -2.16. The van der Waals surface area contributed by atoms with Crippen LogP contribution in [-0.4, -0.2) is 0 Å². The molecule has 3 nitrogen and oxygen atoms in total. The molecule has 292 valence electrons. The average molecular weight is 794 g/mol. The fraction of sp³-hybridized carbons (Fsp3) is 0.0508. The minimum absolute atomic E-state index is 0.130. The molecule has 3 heteroatoms. The molecule has 0 spiro atoms. The van der Waals surface area contributed by atoms with Crippen molar-refractivity contribution in [1.82, 2.24) is 0 Å². The van der Waals surface area contributed by atoms with Crippen LogP contribution in [-0.2, 0) is 5.41 Å². The van der Waals surface area contributed by atoms with Gasteiger partial charge in [0.1, 0.15) is 22.3 Å². The lowest BCUT2D eigenvalue weighted by Gasteiger charge is -2.29. The van der Waals surface area contributed by atoms with Crippen LogP contribution in [0.3, 0.4) is 0 Å². The summed E-state index contributed by atoms with van der Waals surface area (Å²) in [7, 11) is 0. The molecule has 0 saturated heterocycles. The topological polar surface area (TPSA) is 29.5 Å². The molecule has 0 aliphatic heterocycles. The molecule has 12 aromatic rings. The van der Waals surface area contributed by atoms with Gasteiger partial charge in [0.05, 0.1) is 5.69 Å². The third-order valence-electron chi connectivity index (χ3n) is 13.5. The van der Waals surface area contributed by atoms with Crippen molar-refractivity contribution in [2.45, 2.75) is 19.3 Å². The molecule has 1 aliphatic carbocycles. The molecule has 1 aliphatic rings. The molecule has 0 N–H and O–H groups in total. The highest BCUT2D eigenvalue weighted by Crippen LogP contribution is 2.54. The number of benzene rings is 10. The van der Waals surface area contributed by atoms with Crippen LogP contribution in [0.4, 0.5) is 17.1 Å². The second-order valence-electron chi connectivity index (χ2n) is 17.2. The third-order valence-corrected chi connectivity index (χ3v) is 13.5.